The number of nitrogens with zero attached hydrogens (tertiary/aromatic N) is 1. The van der Waals surface area contributed by atoms with E-state index in [9.17, 15) is 4.79 Å². The average Bonchev–Trinajstić information content (AvgIpc) is 2.15. The first-order valence-corrected chi connectivity index (χ1v) is 5.28. The molecular formula is C12H15NO3. The molecule has 86 valence electrons. The lowest BCUT2D eigenvalue weighted by Crippen LogP contribution is -2.47. The molecule has 2 rings (SSSR count). The molecule has 0 radical (unpaired) electrons. The molecule has 16 heavy (non-hydrogen) atoms. The zero-order chi connectivity index (χ0) is 11.5. The normalized spacial score (nSPS) is 15.6. The molecule has 0 bridgehead atoms. The van der Waals surface area contributed by atoms with E-state index in [-0.39, 0.29) is 6.42 Å². The summed E-state index contributed by atoms with van der Waals surface area (Å²) in [6.45, 7) is 1.54. The second-order valence-corrected chi connectivity index (χ2v) is 4.04. The Morgan fingerprint density at radius 2 is 2.06 bits per heavy atom. The van der Waals surface area contributed by atoms with Crippen molar-refractivity contribution < 1.29 is 14.6 Å². The molecule has 0 spiro atoms. The van der Waals surface area contributed by atoms with Crippen LogP contribution in [0.4, 0.5) is 5.69 Å². The minimum atomic E-state index is -0.798. The van der Waals surface area contributed by atoms with E-state index in [0.29, 0.717) is 6.04 Å². The second-order valence-electron chi connectivity index (χ2n) is 4.04. The van der Waals surface area contributed by atoms with Gasteiger partial charge in [-0.2, -0.15) is 0 Å². The van der Waals surface area contributed by atoms with Gasteiger partial charge in [-0.15, -0.1) is 0 Å². The lowest BCUT2D eigenvalue weighted by atomic mass is 10.1. The van der Waals surface area contributed by atoms with Crippen LogP contribution in [-0.4, -0.2) is 37.4 Å². The van der Waals surface area contributed by atoms with Gasteiger partial charge in [-0.25, -0.2) is 0 Å². The fourth-order valence-electron chi connectivity index (χ4n) is 1.68. The second kappa shape index (κ2) is 4.53. The van der Waals surface area contributed by atoms with E-state index in [1.165, 1.54) is 0 Å². The molecule has 0 unspecified atom stereocenters. The Hall–Kier alpha value is -1.55. The van der Waals surface area contributed by atoms with Gasteiger partial charge in [0.2, 0.25) is 0 Å². The van der Waals surface area contributed by atoms with Crippen molar-refractivity contribution in [1.29, 1.82) is 0 Å². The molecule has 0 atom stereocenters. The van der Waals surface area contributed by atoms with Gasteiger partial charge in [-0.1, -0.05) is 12.1 Å². The molecule has 1 aliphatic rings. The summed E-state index contributed by atoms with van der Waals surface area (Å²) in [6, 6.07) is 8.08. The van der Waals surface area contributed by atoms with Crippen LogP contribution < -0.4 is 4.90 Å². The summed E-state index contributed by atoms with van der Waals surface area (Å²) >= 11 is 0. The van der Waals surface area contributed by atoms with Crippen molar-refractivity contribution >= 4 is 11.7 Å². The first-order chi connectivity index (χ1) is 7.66. The highest BCUT2D eigenvalue weighted by atomic mass is 16.5. The van der Waals surface area contributed by atoms with Crippen LogP contribution in [0.2, 0.25) is 0 Å². The summed E-state index contributed by atoms with van der Waals surface area (Å²) in [6.07, 6.45) is 0.0799. The van der Waals surface area contributed by atoms with Gasteiger partial charge in [0.05, 0.1) is 25.7 Å². The Kier molecular flexibility index (Phi) is 3.10. The van der Waals surface area contributed by atoms with Crippen LogP contribution in [0.5, 0.6) is 0 Å². The number of ether oxygens (including phenoxy) is 1. The number of hydrogen-bond donors (Lipinski definition) is 1. The van der Waals surface area contributed by atoms with Gasteiger partial charge in [-0.3, -0.25) is 4.79 Å². The predicted molar refractivity (Wildman–Crippen MR) is 60.8 cm³/mol. The summed E-state index contributed by atoms with van der Waals surface area (Å²) in [5.74, 6) is -0.798. The molecule has 4 heteroatoms. The van der Waals surface area contributed by atoms with Gasteiger partial charge in [-0.05, 0) is 17.7 Å². The molecule has 0 aromatic heterocycles. The number of anilines is 1. The van der Waals surface area contributed by atoms with Crippen molar-refractivity contribution in [3.63, 3.8) is 0 Å². The highest BCUT2D eigenvalue weighted by Crippen LogP contribution is 2.19. The fraction of sp³-hybridized carbons (Fsp3) is 0.417. The third-order valence-corrected chi connectivity index (χ3v) is 2.87. The van der Waals surface area contributed by atoms with Gasteiger partial charge in [0.25, 0.3) is 0 Å². The molecule has 0 amide bonds. The van der Waals surface area contributed by atoms with Gasteiger partial charge >= 0.3 is 5.97 Å². The van der Waals surface area contributed by atoms with Crippen LogP contribution in [0, 0.1) is 0 Å². The first kappa shape index (κ1) is 11.0. The number of carbonyl (C=O) groups is 1. The van der Waals surface area contributed by atoms with Crippen LogP contribution in [0.3, 0.4) is 0 Å². The molecule has 1 N–H and O–H groups in total. The summed E-state index contributed by atoms with van der Waals surface area (Å²) in [4.78, 5) is 12.7. The highest BCUT2D eigenvalue weighted by molar-refractivity contribution is 5.70. The molecule has 1 fully saturated rings. The van der Waals surface area contributed by atoms with E-state index in [4.69, 9.17) is 9.84 Å². The molecule has 0 aliphatic carbocycles. The molecule has 1 aliphatic heterocycles. The average molecular weight is 221 g/mol. The third kappa shape index (κ3) is 2.33. The number of aliphatic carboxylic acids is 1. The van der Waals surface area contributed by atoms with Gasteiger partial charge in [0, 0.05) is 12.7 Å². The van der Waals surface area contributed by atoms with E-state index in [1.54, 1.807) is 0 Å². The molecular weight excluding hydrogens is 206 g/mol. The van der Waals surface area contributed by atoms with Crippen molar-refractivity contribution in [2.24, 2.45) is 0 Å². The largest absolute Gasteiger partial charge is 0.481 e. The molecule has 1 saturated heterocycles. The molecule has 1 aromatic carbocycles. The Morgan fingerprint density at radius 1 is 1.44 bits per heavy atom. The minimum absolute atomic E-state index is 0.0799. The Balaban J connectivity index is 2.03. The number of hydrogen-bond acceptors (Lipinski definition) is 3. The van der Waals surface area contributed by atoms with Crippen molar-refractivity contribution in [2.45, 2.75) is 12.5 Å². The van der Waals surface area contributed by atoms with Gasteiger partial charge < -0.3 is 14.7 Å². The third-order valence-electron chi connectivity index (χ3n) is 2.87. The first-order valence-electron chi connectivity index (χ1n) is 5.28. The SMILES string of the molecule is CN(c1ccc(CC(=O)O)cc1)C1COC1. The molecule has 4 nitrogen and oxygen atoms in total. The van der Waals surface area contributed by atoms with E-state index >= 15 is 0 Å². The fourth-order valence-corrected chi connectivity index (χ4v) is 1.68. The zero-order valence-corrected chi connectivity index (χ0v) is 9.22. The maximum atomic E-state index is 10.5. The number of carboxylic acids is 1. The van der Waals surface area contributed by atoms with Gasteiger partial charge in [0.1, 0.15) is 0 Å². The van der Waals surface area contributed by atoms with Crippen LogP contribution >= 0.6 is 0 Å². The van der Waals surface area contributed by atoms with Crippen molar-refractivity contribution in [3.8, 4) is 0 Å². The van der Waals surface area contributed by atoms with Crippen molar-refractivity contribution in [3.05, 3.63) is 29.8 Å². The smallest absolute Gasteiger partial charge is 0.307 e. The lowest BCUT2D eigenvalue weighted by Gasteiger charge is -2.36. The Labute approximate surface area is 94.4 Å². The number of carboxylic acid groups (broad SMARTS) is 1. The van der Waals surface area contributed by atoms with Crippen molar-refractivity contribution in [1.82, 2.24) is 0 Å². The predicted octanol–water partition coefficient (Wildman–Crippen LogP) is 1.15. The summed E-state index contributed by atoms with van der Waals surface area (Å²) in [7, 11) is 2.03. The maximum Gasteiger partial charge on any atom is 0.307 e. The number of benzene rings is 1. The molecule has 0 saturated carbocycles. The monoisotopic (exact) mass is 221 g/mol. The van der Waals surface area contributed by atoms with E-state index < -0.39 is 5.97 Å². The van der Waals surface area contributed by atoms with Crippen LogP contribution in [-0.2, 0) is 16.0 Å². The number of rotatable bonds is 4. The maximum absolute atomic E-state index is 10.5. The van der Waals surface area contributed by atoms with Crippen LogP contribution in [0.15, 0.2) is 24.3 Å². The summed E-state index contributed by atoms with van der Waals surface area (Å²) in [5.41, 5.74) is 1.93. The minimum Gasteiger partial charge on any atom is -0.481 e. The Morgan fingerprint density at radius 3 is 2.50 bits per heavy atom. The highest BCUT2D eigenvalue weighted by Gasteiger charge is 2.23. The number of likely N-dealkylation sites (N-methyl/N-ethyl adjacent to an activating group) is 1. The zero-order valence-electron chi connectivity index (χ0n) is 9.22. The Bertz CT molecular complexity index is 370. The summed E-state index contributed by atoms with van der Waals surface area (Å²) < 4.78 is 5.13. The summed E-state index contributed by atoms with van der Waals surface area (Å²) in [5, 5.41) is 8.65. The topological polar surface area (TPSA) is 49.8 Å². The van der Waals surface area contributed by atoms with E-state index in [2.05, 4.69) is 4.90 Å². The van der Waals surface area contributed by atoms with Crippen LogP contribution in [0.25, 0.3) is 0 Å². The molecule has 1 heterocycles. The van der Waals surface area contributed by atoms with E-state index in [1.807, 2.05) is 31.3 Å². The van der Waals surface area contributed by atoms with E-state index in [0.717, 1.165) is 24.5 Å². The quantitative estimate of drug-likeness (QED) is 0.828. The molecule has 1 aromatic rings. The van der Waals surface area contributed by atoms with Crippen LogP contribution in [0.1, 0.15) is 5.56 Å². The lowest BCUT2D eigenvalue weighted by molar-refractivity contribution is -0.136. The van der Waals surface area contributed by atoms with Crippen molar-refractivity contribution in [2.75, 3.05) is 25.2 Å². The standard InChI is InChI=1S/C12H15NO3/c1-13(11-7-16-8-11)10-4-2-9(3-5-10)6-12(14)15/h2-5,11H,6-8H2,1H3,(H,14,15). The van der Waals surface area contributed by atoms with Gasteiger partial charge in [0.15, 0.2) is 0 Å².